The van der Waals surface area contributed by atoms with E-state index in [1.54, 1.807) is 14.2 Å². The maximum Gasteiger partial charge on any atom is 0.122 e. The van der Waals surface area contributed by atoms with Crippen LogP contribution in [0.4, 0.5) is 0 Å². The van der Waals surface area contributed by atoms with Gasteiger partial charge in [-0.3, -0.25) is 0 Å². The molecule has 0 aliphatic carbocycles. The molecule has 0 bridgehead atoms. The maximum atomic E-state index is 5.59. The fourth-order valence-electron chi connectivity index (χ4n) is 3.18. The van der Waals surface area contributed by atoms with Gasteiger partial charge in [-0.25, -0.2) is 0 Å². The van der Waals surface area contributed by atoms with Crippen molar-refractivity contribution >= 4 is 0 Å². The topological polar surface area (TPSA) is 30.5 Å². The summed E-state index contributed by atoms with van der Waals surface area (Å²) in [6.45, 7) is 5.57. The first kappa shape index (κ1) is 15.2. The molecule has 1 N–H and O–H groups in total. The van der Waals surface area contributed by atoms with Crippen LogP contribution in [-0.2, 0) is 6.42 Å². The van der Waals surface area contributed by atoms with Crippen LogP contribution in [0.5, 0.6) is 11.5 Å². The number of rotatable bonds is 5. The van der Waals surface area contributed by atoms with Gasteiger partial charge >= 0.3 is 0 Å². The number of methoxy groups -OCH3 is 2. The van der Waals surface area contributed by atoms with E-state index in [9.17, 15) is 0 Å². The van der Waals surface area contributed by atoms with E-state index in [-0.39, 0.29) is 0 Å². The van der Waals surface area contributed by atoms with Crippen molar-refractivity contribution in [2.45, 2.75) is 51.5 Å². The lowest BCUT2D eigenvalue weighted by Gasteiger charge is -2.27. The first-order valence-corrected chi connectivity index (χ1v) is 7.64. The fraction of sp³-hybridized carbons (Fsp3) is 0.647. The number of hydrogen-bond acceptors (Lipinski definition) is 3. The largest absolute Gasteiger partial charge is 0.496 e. The normalized spacial score (nSPS) is 19.1. The Kier molecular flexibility index (Phi) is 5.30. The predicted molar refractivity (Wildman–Crippen MR) is 83.0 cm³/mol. The van der Waals surface area contributed by atoms with E-state index in [0.29, 0.717) is 12.0 Å². The van der Waals surface area contributed by atoms with Gasteiger partial charge < -0.3 is 14.8 Å². The SMILES string of the molecule is COc1ccc(OC)c(C(C)C)c1CC1CCCCN1. The average molecular weight is 277 g/mol. The zero-order chi connectivity index (χ0) is 14.5. The summed E-state index contributed by atoms with van der Waals surface area (Å²) in [5.74, 6) is 2.40. The average Bonchev–Trinajstić information content (AvgIpc) is 2.47. The Morgan fingerprint density at radius 3 is 2.40 bits per heavy atom. The van der Waals surface area contributed by atoms with Crippen LogP contribution in [0.3, 0.4) is 0 Å². The molecule has 1 aromatic carbocycles. The van der Waals surface area contributed by atoms with Gasteiger partial charge in [-0.2, -0.15) is 0 Å². The van der Waals surface area contributed by atoms with Crippen LogP contribution in [0, 0.1) is 0 Å². The molecule has 1 fully saturated rings. The number of benzene rings is 1. The van der Waals surface area contributed by atoms with Gasteiger partial charge in [0.05, 0.1) is 14.2 Å². The Labute approximate surface area is 122 Å². The van der Waals surface area contributed by atoms with Crippen molar-refractivity contribution in [2.24, 2.45) is 0 Å². The quantitative estimate of drug-likeness (QED) is 0.893. The molecular weight excluding hydrogens is 250 g/mol. The highest BCUT2D eigenvalue weighted by Gasteiger charge is 2.21. The molecule has 1 aliphatic heterocycles. The molecule has 2 rings (SSSR count). The summed E-state index contributed by atoms with van der Waals surface area (Å²) in [5, 5.41) is 3.63. The van der Waals surface area contributed by atoms with E-state index in [2.05, 4.69) is 19.2 Å². The van der Waals surface area contributed by atoms with Crippen LogP contribution in [0.2, 0.25) is 0 Å². The van der Waals surface area contributed by atoms with E-state index < -0.39 is 0 Å². The number of nitrogens with one attached hydrogen (secondary N) is 1. The third-order valence-electron chi connectivity index (χ3n) is 4.15. The van der Waals surface area contributed by atoms with Crippen molar-refractivity contribution in [3.05, 3.63) is 23.3 Å². The van der Waals surface area contributed by atoms with Gasteiger partial charge in [0.15, 0.2) is 0 Å². The summed E-state index contributed by atoms with van der Waals surface area (Å²) >= 11 is 0. The fourth-order valence-corrected chi connectivity index (χ4v) is 3.18. The van der Waals surface area contributed by atoms with Crippen molar-refractivity contribution in [3.63, 3.8) is 0 Å². The second kappa shape index (κ2) is 6.98. The molecule has 1 unspecified atom stereocenters. The van der Waals surface area contributed by atoms with Gasteiger partial charge in [-0.05, 0) is 43.9 Å². The van der Waals surface area contributed by atoms with Gasteiger partial charge in [0, 0.05) is 17.2 Å². The predicted octanol–water partition coefficient (Wildman–Crippen LogP) is 3.51. The summed E-state index contributed by atoms with van der Waals surface area (Å²) in [5.41, 5.74) is 2.60. The van der Waals surface area contributed by atoms with Gasteiger partial charge in [-0.15, -0.1) is 0 Å². The van der Waals surface area contributed by atoms with Crippen LogP contribution in [0.15, 0.2) is 12.1 Å². The standard InChI is InChI=1S/C17H27NO2/c1-12(2)17-14(11-13-7-5-6-10-18-13)15(19-3)8-9-16(17)20-4/h8-9,12-13,18H,5-7,10-11H2,1-4H3. The van der Waals surface area contributed by atoms with E-state index in [1.807, 2.05) is 12.1 Å². The monoisotopic (exact) mass is 277 g/mol. The number of ether oxygens (including phenoxy) is 2. The lowest BCUT2D eigenvalue weighted by molar-refractivity contribution is 0.372. The molecule has 0 amide bonds. The van der Waals surface area contributed by atoms with Crippen LogP contribution >= 0.6 is 0 Å². The highest BCUT2D eigenvalue weighted by molar-refractivity contribution is 5.50. The Bertz CT molecular complexity index is 437. The summed E-state index contributed by atoms with van der Waals surface area (Å²) in [6, 6.07) is 4.61. The molecule has 0 saturated carbocycles. The summed E-state index contributed by atoms with van der Waals surface area (Å²) < 4.78 is 11.2. The number of piperidine rings is 1. The van der Waals surface area contributed by atoms with E-state index in [0.717, 1.165) is 24.5 Å². The van der Waals surface area contributed by atoms with Crippen molar-refractivity contribution < 1.29 is 9.47 Å². The van der Waals surface area contributed by atoms with Crippen LogP contribution in [0.1, 0.15) is 50.2 Å². The van der Waals surface area contributed by atoms with Crippen molar-refractivity contribution in [1.29, 1.82) is 0 Å². The number of hydrogen-bond donors (Lipinski definition) is 1. The van der Waals surface area contributed by atoms with Crippen LogP contribution in [-0.4, -0.2) is 26.8 Å². The lowest BCUT2D eigenvalue weighted by Crippen LogP contribution is -2.36. The highest BCUT2D eigenvalue weighted by atomic mass is 16.5. The Hall–Kier alpha value is -1.22. The molecular formula is C17H27NO2. The van der Waals surface area contributed by atoms with Gasteiger partial charge in [-0.1, -0.05) is 20.3 Å². The minimum atomic E-state index is 0.429. The molecule has 1 saturated heterocycles. The van der Waals surface area contributed by atoms with Crippen LogP contribution in [0.25, 0.3) is 0 Å². The molecule has 1 aliphatic rings. The second-order valence-electron chi connectivity index (χ2n) is 5.87. The van der Waals surface area contributed by atoms with Crippen molar-refractivity contribution in [2.75, 3.05) is 20.8 Å². The Balaban J connectivity index is 2.35. The molecule has 3 nitrogen and oxygen atoms in total. The molecule has 112 valence electrons. The smallest absolute Gasteiger partial charge is 0.122 e. The minimum Gasteiger partial charge on any atom is -0.496 e. The summed E-state index contributed by atoms with van der Waals surface area (Å²) in [7, 11) is 3.50. The first-order valence-electron chi connectivity index (χ1n) is 7.64. The molecule has 1 aromatic rings. The van der Waals surface area contributed by atoms with E-state index in [1.165, 1.54) is 30.4 Å². The summed E-state index contributed by atoms with van der Waals surface area (Å²) in [4.78, 5) is 0. The molecule has 0 radical (unpaired) electrons. The van der Waals surface area contributed by atoms with E-state index in [4.69, 9.17) is 9.47 Å². The zero-order valence-corrected chi connectivity index (χ0v) is 13.2. The molecule has 1 heterocycles. The highest BCUT2D eigenvalue weighted by Crippen LogP contribution is 2.37. The minimum absolute atomic E-state index is 0.429. The summed E-state index contributed by atoms with van der Waals surface area (Å²) in [6.07, 6.45) is 4.88. The molecule has 3 heteroatoms. The van der Waals surface area contributed by atoms with E-state index >= 15 is 0 Å². The Morgan fingerprint density at radius 2 is 1.85 bits per heavy atom. The molecule has 1 atom stereocenters. The maximum absolute atomic E-state index is 5.59. The first-order chi connectivity index (χ1) is 9.67. The van der Waals surface area contributed by atoms with Crippen molar-refractivity contribution in [1.82, 2.24) is 5.32 Å². The van der Waals surface area contributed by atoms with Crippen molar-refractivity contribution in [3.8, 4) is 11.5 Å². The van der Waals surface area contributed by atoms with Gasteiger partial charge in [0.2, 0.25) is 0 Å². The molecule has 20 heavy (non-hydrogen) atoms. The van der Waals surface area contributed by atoms with Crippen LogP contribution < -0.4 is 14.8 Å². The second-order valence-corrected chi connectivity index (χ2v) is 5.87. The lowest BCUT2D eigenvalue weighted by atomic mass is 9.89. The zero-order valence-electron chi connectivity index (χ0n) is 13.2. The molecule has 0 aromatic heterocycles. The van der Waals surface area contributed by atoms with Gasteiger partial charge in [0.1, 0.15) is 11.5 Å². The third kappa shape index (κ3) is 3.26. The third-order valence-corrected chi connectivity index (χ3v) is 4.15. The molecule has 0 spiro atoms. The van der Waals surface area contributed by atoms with Gasteiger partial charge in [0.25, 0.3) is 0 Å². The Morgan fingerprint density at radius 1 is 1.15 bits per heavy atom.